The lowest BCUT2D eigenvalue weighted by Gasteiger charge is -2.25. The first-order valence-corrected chi connectivity index (χ1v) is 7.59. The normalized spacial score (nSPS) is 10.5. The zero-order chi connectivity index (χ0) is 17.7. The summed E-state index contributed by atoms with van der Waals surface area (Å²) in [5.74, 6) is -1.16. The van der Waals surface area contributed by atoms with Crippen molar-refractivity contribution in [2.75, 3.05) is 6.54 Å². The van der Waals surface area contributed by atoms with Crippen LogP contribution in [-0.2, 0) is 4.79 Å². The smallest absolute Gasteiger partial charge is 0.261 e. The third kappa shape index (κ3) is 4.49. The van der Waals surface area contributed by atoms with Gasteiger partial charge in [0.05, 0.1) is 17.2 Å². The molecule has 1 rings (SSSR count). The van der Waals surface area contributed by atoms with Crippen molar-refractivity contribution in [3.8, 4) is 6.07 Å². The van der Waals surface area contributed by atoms with Crippen molar-refractivity contribution in [3.05, 3.63) is 34.9 Å². The molecule has 0 atom stereocenters. The number of benzene rings is 1. The van der Waals surface area contributed by atoms with E-state index >= 15 is 0 Å². The maximum Gasteiger partial charge on any atom is 0.261 e. The van der Waals surface area contributed by atoms with E-state index in [1.165, 1.54) is 30.0 Å². The largest absolute Gasteiger partial charge is 0.295 e. The monoisotopic (exact) mass is 314 g/mol. The summed E-state index contributed by atoms with van der Waals surface area (Å²) in [6, 6.07) is 6.28. The summed E-state index contributed by atoms with van der Waals surface area (Å²) < 4.78 is 0. The second-order valence-corrected chi connectivity index (χ2v) is 6.23. The van der Waals surface area contributed by atoms with E-state index in [4.69, 9.17) is 0 Å². The molecule has 0 bridgehead atoms. The molecule has 5 heteroatoms. The number of nitriles is 1. The number of imide groups is 1. The van der Waals surface area contributed by atoms with Crippen LogP contribution < -0.4 is 0 Å². The van der Waals surface area contributed by atoms with Crippen LogP contribution in [0.3, 0.4) is 0 Å². The van der Waals surface area contributed by atoms with Gasteiger partial charge in [-0.25, -0.2) is 0 Å². The van der Waals surface area contributed by atoms with Crippen molar-refractivity contribution >= 4 is 17.6 Å². The van der Waals surface area contributed by atoms with Crippen molar-refractivity contribution in [2.45, 2.75) is 34.6 Å². The molecular weight excluding hydrogens is 292 g/mol. The Bertz CT molecular complexity index is 669. The van der Waals surface area contributed by atoms with Crippen LogP contribution in [0.2, 0.25) is 0 Å². The zero-order valence-electron chi connectivity index (χ0n) is 14.2. The average Bonchev–Trinajstić information content (AvgIpc) is 2.50. The first-order valence-electron chi connectivity index (χ1n) is 7.59. The first kappa shape index (κ1) is 18.6. The Morgan fingerprint density at radius 2 is 1.78 bits per heavy atom. The molecule has 0 saturated carbocycles. The highest BCUT2D eigenvalue weighted by molar-refractivity contribution is 6.07. The van der Waals surface area contributed by atoms with Crippen LogP contribution in [0.4, 0.5) is 0 Å². The van der Waals surface area contributed by atoms with Gasteiger partial charge in [0, 0.05) is 18.0 Å². The van der Waals surface area contributed by atoms with Crippen molar-refractivity contribution in [1.29, 1.82) is 5.26 Å². The molecule has 5 nitrogen and oxygen atoms in total. The number of nitrogens with zero attached hydrogens (tertiary/aromatic N) is 2. The minimum Gasteiger partial charge on any atom is -0.295 e. The molecule has 0 fully saturated rings. The fourth-order valence-corrected chi connectivity index (χ4v) is 2.14. The quantitative estimate of drug-likeness (QED) is 0.783. The van der Waals surface area contributed by atoms with Gasteiger partial charge in [0.2, 0.25) is 5.91 Å². The molecule has 122 valence electrons. The van der Waals surface area contributed by atoms with Gasteiger partial charge in [-0.05, 0) is 25.0 Å². The molecular formula is C18H22N2O3. The number of ketones is 1. The summed E-state index contributed by atoms with van der Waals surface area (Å²) in [6.07, 6.45) is 0. The van der Waals surface area contributed by atoms with Crippen molar-refractivity contribution < 1.29 is 14.4 Å². The van der Waals surface area contributed by atoms with Gasteiger partial charge in [-0.1, -0.05) is 33.8 Å². The maximum atomic E-state index is 12.8. The van der Waals surface area contributed by atoms with Gasteiger partial charge < -0.3 is 0 Å². The third-order valence-electron chi connectivity index (χ3n) is 3.33. The first-order chi connectivity index (χ1) is 10.7. The molecule has 0 aliphatic heterocycles. The summed E-state index contributed by atoms with van der Waals surface area (Å²) in [6.45, 7) is 8.97. The second-order valence-electron chi connectivity index (χ2n) is 6.23. The molecule has 0 spiro atoms. The Morgan fingerprint density at radius 3 is 2.22 bits per heavy atom. The van der Waals surface area contributed by atoms with Gasteiger partial charge in [0.25, 0.3) is 5.91 Å². The molecule has 0 heterocycles. The molecule has 2 amide bonds. The second kappa shape index (κ2) is 7.68. The number of hydrogen-bond acceptors (Lipinski definition) is 4. The predicted molar refractivity (Wildman–Crippen MR) is 86.9 cm³/mol. The summed E-state index contributed by atoms with van der Waals surface area (Å²) in [4.78, 5) is 37.7. The third-order valence-corrected chi connectivity index (χ3v) is 3.33. The minimum atomic E-state index is -0.496. The van der Waals surface area contributed by atoms with E-state index in [0.29, 0.717) is 5.56 Å². The number of hydrogen-bond donors (Lipinski definition) is 0. The van der Waals surface area contributed by atoms with Crippen LogP contribution in [0, 0.1) is 23.2 Å². The highest BCUT2D eigenvalue weighted by atomic mass is 16.2. The predicted octanol–water partition coefficient (Wildman–Crippen LogP) is 3.04. The fraction of sp³-hybridized carbons (Fsp3) is 0.444. The number of rotatable bonds is 5. The maximum absolute atomic E-state index is 12.8. The highest BCUT2D eigenvalue weighted by Crippen LogP contribution is 2.17. The lowest BCUT2D eigenvalue weighted by atomic mass is 10.0. The molecule has 0 aromatic heterocycles. The zero-order valence-corrected chi connectivity index (χ0v) is 14.2. The Labute approximate surface area is 136 Å². The highest BCUT2D eigenvalue weighted by Gasteiger charge is 2.27. The molecule has 0 unspecified atom stereocenters. The van der Waals surface area contributed by atoms with Gasteiger partial charge in [-0.15, -0.1) is 0 Å². The molecule has 1 aromatic rings. The summed E-state index contributed by atoms with van der Waals surface area (Å²) in [5.41, 5.74) is 0.615. The van der Waals surface area contributed by atoms with Crippen LogP contribution in [0.15, 0.2) is 18.2 Å². The van der Waals surface area contributed by atoms with E-state index in [1.54, 1.807) is 13.8 Å². The van der Waals surface area contributed by atoms with Crippen LogP contribution in [0.1, 0.15) is 60.9 Å². The van der Waals surface area contributed by atoms with E-state index in [9.17, 15) is 19.6 Å². The number of carbonyl (C=O) groups is 3. The van der Waals surface area contributed by atoms with Crippen LogP contribution >= 0.6 is 0 Å². The van der Waals surface area contributed by atoms with E-state index in [2.05, 4.69) is 0 Å². The van der Waals surface area contributed by atoms with Crippen LogP contribution in [0.25, 0.3) is 0 Å². The van der Waals surface area contributed by atoms with Crippen molar-refractivity contribution in [2.24, 2.45) is 11.8 Å². The Morgan fingerprint density at radius 1 is 1.17 bits per heavy atom. The van der Waals surface area contributed by atoms with Gasteiger partial charge in [-0.2, -0.15) is 5.26 Å². The lowest BCUT2D eigenvalue weighted by Crippen LogP contribution is -2.42. The summed E-state index contributed by atoms with van der Waals surface area (Å²) >= 11 is 0. The molecule has 0 saturated heterocycles. The standard InChI is InChI=1S/C18H22N2O3/c1-11(2)10-20(17(22)12(3)4)18(23)16-7-6-14(13(5)21)8-15(16)9-19/h6-8,11-12H,10H2,1-5H3. The lowest BCUT2D eigenvalue weighted by molar-refractivity contribution is -0.132. The minimum absolute atomic E-state index is 0.105. The average molecular weight is 314 g/mol. The molecule has 0 N–H and O–H groups in total. The summed E-state index contributed by atoms with van der Waals surface area (Å²) in [5, 5.41) is 9.27. The Balaban J connectivity index is 3.31. The number of amides is 2. The molecule has 0 radical (unpaired) electrons. The molecule has 1 aromatic carbocycles. The molecule has 23 heavy (non-hydrogen) atoms. The van der Waals surface area contributed by atoms with Crippen molar-refractivity contribution in [3.63, 3.8) is 0 Å². The van der Waals surface area contributed by atoms with Gasteiger partial charge in [0.15, 0.2) is 5.78 Å². The van der Waals surface area contributed by atoms with Crippen LogP contribution in [0.5, 0.6) is 0 Å². The number of carbonyl (C=O) groups excluding carboxylic acids is 3. The van der Waals surface area contributed by atoms with E-state index in [0.717, 1.165) is 0 Å². The van der Waals surface area contributed by atoms with Crippen LogP contribution in [-0.4, -0.2) is 29.0 Å². The number of Topliss-reactive ketones (excluding diaryl/α,β-unsaturated/α-hetero) is 1. The molecule has 0 aliphatic rings. The van der Waals surface area contributed by atoms with E-state index in [-0.39, 0.29) is 41.2 Å². The Hall–Kier alpha value is -2.48. The van der Waals surface area contributed by atoms with Gasteiger partial charge in [0.1, 0.15) is 0 Å². The fourth-order valence-electron chi connectivity index (χ4n) is 2.14. The Kier molecular flexibility index (Phi) is 6.20. The SMILES string of the molecule is CC(=O)c1ccc(C(=O)N(CC(C)C)C(=O)C(C)C)c(C#N)c1. The summed E-state index contributed by atoms with van der Waals surface area (Å²) in [7, 11) is 0. The molecule has 0 aliphatic carbocycles. The van der Waals surface area contributed by atoms with Crippen molar-refractivity contribution in [1.82, 2.24) is 4.90 Å². The van der Waals surface area contributed by atoms with Gasteiger partial charge in [-0.3, -0.25) is 19.3 Å². The van der Waals surface area contributed by atoms with E-state index < -0.39 is 5.91 Å². The topological polar surface area (TPSA) is 78.2 Å². The van der Waals surface area contributed by atoms with E-state index in [1.807, 2.05) is 19.9 Å². The van der Waals surface area contributed by atoms with Gasteiger partial charge >= 0.3 is 0 Å².